The highest BCUT2D eigenvalue weighted by Crippen LogP contribution is 2.19. The summed E-state index contributed by atoms with van der Waals surface area (Å²) in [6, 6.07) is 5.23. The van der Waals surface area contributed by atoms with Crippen LogP contribution in [-0.4, -0.2) is 57.6 Å². The molecule has 2 atom stereocenters. The van der Waals surface area contributed by atoms with Crippen LogP contribution in [0.25, 0.3) is 10.9 Å². The van der Waals surface area contributed by atoms with Crippen molar-refractivity contribution in [2.45, 2.75) is 31.3 Å². The molecule has 1 aromatic heterocycles. The second-order valence-electron chi connectivity index (χ2n) is 6.28. The van der Waals surface area contributed by atoms with Crippen LogP contribution >= 0.6 is 0 Å². The Bertz CT molecular complexity index is 878. The summed E-state index contributed by atoms with van der Waals surface area (Å²) in [6.45, 7) is -0.593. The number of carboxylic acid groups (broad SMARTS) is 2. The lowest BCUT2D eigenvalue weighted by atomic mass is 10.0. The van der Waals surface area contributed by atoms with E-state index >= 15 is 0 Å². The van der Waals surface area contributed by atoms with Gasteiger partial charge in [0.05, 0.1) is 6.04 Å². The van der Waals surface area contributed by atoms with Crippen molar-refractivity contribution in [2.75, 3.05) is 6.54 Å². The molecule has 10 nitrogen and oxygen atoms in total. The van der Waals surface area contributed by atoms with Gasteiger partial charge in [-0.05, 0) is 18.1 Å². The van der Waals surface area contributed by atoms with E-state index in [0.717, 1.165) is 16.5 Å². The van der Waals surface area contributed by atoms with Gasteiger partial charge in [0.1, 0.15) is 12.6 Å². The van der Waals surface area contributed by atoms with Crippen LogP contribution < -0.4 is 16.4 Å². The molecule has 0 bridgehead atoms. The van der Waals surface area contributed by atoms with Gasteiger partial charge in [-0.25, -0.2) is 0 Å². The summed E-state index contributed by atoms with van der Waals surface area (Å²) >= 11 is 0. The Morgan fingerprint density at radius 2 is 1.79 bits per heavy atom. The Morgan fingerprint density at radius 3 is 2.46 bits per heavy atom. The molecule has 0 radical (unpaired) electrons. The van der Waals surface area contributed by atoms with Gasteiger partial charge in [0.25, 0.3) is 0 Å². The van der Waals surface area contributed by atoms with Crippen LogP contribution in [0.2, 0.25) is 0 Å². The number of nitrogens with one attached hydrogen (secondary N) is 3. The first-order valence-corrected chi connectivity index (χ1v) is 8.60. The zero-order valence-electron chi connectivity index (χ0n) is 15.0. The van der Waals surface area contributed by atoms with E-state index in [1.54, 1.807) is 6.20 Å². The van der Waals surface area contributed by atoms with Gasteiger partial charge in [-0.3, -0.25) is 19.2 Å². The number of hydrogen-bond acceptors (Lipinski definition) is 5. The highest BCUT2D eigenvalue weighted by Gasteiger charge is 2.25. The quantitative estimate of drug-likeness (QED) is 0.319. The number of carboxylic acids is 2. The fraction of sp³-hybridized carbons (Fsp3) is 0.333. The van der Waals surface area contributed by atoms with E-state index in [0.29, 0.717) is 0 Å². The van der Waals surface area contributed by atoms with Crippen LogP contribution in [0.5, 0.6) is 0 Å². The lowest BCUT2D eigenvalue weighted by Crippen LogP contribution is -2.53. The zero-order chi connectivity index (χ0) is 20.7. The summed E-state index contributed by atoms with van der Waals surface area (Å²) in [7, 11) is 0. The number of rotatable bonds is 10. The SMILES string of the molecule is NC(CCC(=O)O)C(=O)NC(Cc1c[nH]c2ccccc12)C(=O)NCC(=O)O. The first-order chi connectivity index (χ1) is 13.3. The highest BCUT2D eigenvalue weighted by molar-refractivity contribution is 5.92. The highest BCUT2D eigenvalue weighted by atomic mass is 16.4. The van der Waals surface area contributed by atoms with Crippen LogP contribution in [0.1, 0.15) is 18.4 Å². The Labute approximate surface area is 160 Å². The minimum atomic E-state index is -1.22. The van der Waals surface area contributed by atoms with Crippen molar-refractivity contribution in [3.05, 3.63) is 36.0 Å². The van der Waals surface area contributed by atoms with Crippen LogP contribution in [0.4, 0.5) is 0 Å². The average molecular weight is 390 g/mol. The lowest BCUT2D eigenvalue weighted by Gasteiger charge is -2.20. The molecule has 150 valence electrons. The van der Waals surface area contributed by atoms with E-state index in [4.69, 9.17) is 15.9 Å². The van der Waals surface area contributed by atoms with Crippen LogP contribution in [0.15, 0.2) is 30.5 Å². The summed E-state index contributed by atoms with van der Waals surface area (Å²) in [4.78, 5) is 49.1. The maximum absolute atomic E-state index is 12.4. The van der Waals surface area contributed by atoms with Crippen LogP contribution in [-0.2, 0) is 25.6 Å². The summed E-state index contributed by atoms with van der Waals surface area (Å²) in [5.41, 5.74) is 7.30. The van der Waals surface area contributed by atoms with Crippen molar-refractivity contribution in [3.63, 3.8) is 0 Å². The number of carbonyl (C=O) groups is 4. The van der Waals surface area contributed by atoms with Crippen LogP contribution in [0, 0.1) is 0 Å². The van der Waals surface area contributed by atoms with Gasteiger partial charge < -0.3 is 31.6 Å². The number of aliphatic carboxylic acids is 2. The van der Waals surface area contributed by atoms with Crippen LogP contribution in [0.3, 0.4) is 0 Å². The molecule has 10 heteroatoms. The molecule has 0 aliphatic rings. The van der Waals surface area contributed by atoms with Gasteiger partial charge in [0, 0.05) is 29.9 Å². The zero-order valence-corrected chi connectivity index (χ0v) is 15.0. The van der Waals surface area contributed by atoms with Crippen molar-refractivity contribution in [1.82, 2.24) is 15.6 Å². The van der Waals surface area contributed by atoms with E-state index in [9.17, 15) is 19.2 Å². The lowest BCUT2D eigenvalue weighted by molar-refractivity contribution is -0.138. The fourth-order valence-corrected chi connectivity index (χ4v) is 2.70. The minimum Gasteiger partial charge on any atom is -0.481 e. The van der Waals surface area contributed by atoms with Crippen molar-refractivity contribution < 1.29 is 29.4 Å². The number of benzene rings is 1. The van der Waals surface area contributed by atoms with Gasteiger partial charge >= 0.3 is 11.9 Å². The molecule has 0 spiro atoms. The van der Waals surface area contributed by atoms with E-state index in [1.165, 1.54) is 0 Å². The molecule has 1 aromatic carbocycles. The Kier molecular flexibility index (Phi) is 7.10. The maximum Gasteiger partial charge on any atom is 0.322 e. The molecular weight excluding hydrogens is 368 g/mol. The summed E-state index contributed by atoms with van der Waals surface area (Å²) in [6.07, 6.45) is 1.44. The van der Waals surface area contributed by atoms with Gasteiger partial charge in [-0.1, -0.05) is 18.2 Å². The third kappa shape index (κ3) is 5.81. The molecule has 0 aliphatic heterocycles. The molecule has 0 fully saturated rings. The van der Waals surface area contributed by atoms with E-state index < -0.39 is 42.4 Å². The summed E-state index contributed by atoms with van der Waals surface area (Å²) in [5, 5.41) is 23.0. The minimum absolute atomic E-state index is 0.0856. The van der Waals surface area contributed by atoms with Gasteiger partial charge in [0.2, 0.25) is 11.8 Å². The molecular formula is C18H22N4O6. The maximum atomic E-state index is 12.4. The predicted molar refractivity (Wildman–Crippen MR) is 99.4 cm³/mol. The number of aromatic nitrogens is 1. The Morgan fingerprint density at radius 1 is 1.07 bits per heavy atom. The van der Waals surface area contributed by atoms with Crippen molar-refractivity contribution in [3.8, 4) is 0 Å². The molecule has 0 saturated heterocycles. The molecule has 1 heterocycles. The molecule has 28 heavy (non-hydrogen) atoms. The second-order valence-corrected chi connectivity index (χ2v) is 6.28. The standard InChI is InChI=1S/C18H22N4O6/c19-12(5-6-15(23)24)17(27)22-14(18(28)21-9-16(25)26)7-10-8-20-13-4-2-1-3-11(10)13/h1-4,8,12,14,20H,5-7,9,19H2,(H,21,28)(H,22,27)(H,23,24)(H,25,26). The molecule has 0 aliphatic carbocycles. The number of amides is 2. The number of H-pyrrole nitrogens is 1. The first-order valence-electron chi connectivity index (χ1n) is 8.60. The molecule has 2 amide bonds. The number of fused-ring (bicyclic) bond motifs is 1. The molecule has 2 unspecified atom stereocenters. The molecule has 0 saturated carbocycles. The normalized spacial score (nSPS) is 12.9. The van der Waals surface area contributed by atoms with Crippen molar-refractivity contribution in [2.24, 2.45) is 5.73 Å². The Hall–Kier alpha value is -3.40. The third-order valence-corrected chi connectivity index (χ3v) is 4.15. The summed E-state index contributed by atoms with van der Waals surface area (Å²) < 4.78 is 0. The second kappa shape index (κ2) is 9.51. The molecule has 2 rings (SSSR count). The average Bonchev–Trinajstić information content (AvgIpc) is 3.06. The monoisotopic (exact) mass is 390 g/mol. The van der Waals surface area contributed by atoms with Crippen molar-refractivity contribution in [1.29, 1.82) is 0 Å². The Balaban J connectivity index is 2.14. The number of aromatic amines is 1. The van der Waals surface area contributed by atoms with Crippen molar-refractivity contribution >= 4 is 34.7 Å². The topological polar surface area (TPSA) is 175 Å². The van der Waals surface area contributed by atoms with Gasteiger partial charge in [-0.2, -0.15) is 0 Å². The predicted octanol–water partition coefficient (Wildman–Crippen LogP) is -0.412. The molecule has 2 aromatic rings. The number of hydrogen-bond donors (Lipinski definition) is 6. The third-order valence-electron chi connectivity index (χ3n) is 4.15. The van der Waals surface area contributed by atoms with E-state index in [2.05, 4.69) is 15.6 Å². The van der Waals surface area contributed by atoms with Gasteiger partial charge in [-0.15, -0.1) is 0 Å². The smallest absolute Gasteiger partial charge is 0.322 e. The number of nitrogens with two attached hydrogens (primary N) is 1. The van der Waals surface area contributed by atoms with E-state index in [1.807, 2.05) is 24.3 Å². The summed E-state index contributed by atoms with van der Waals surface area (Å²) in [5.74, 6) is -3.66. The van der Waals surface area contributed by atoms with E-state index in [-0.39, 0.29) is 19.3 Å². The number of carbonyl (C=O) groups excluding carboxylic acids is 2. The largest absolute Gasteiger partial charge is 0.481 e. The fourth-order valence-electron chi connectivity index (χ4n) is 2.70. The van der Waals surface area contributed by atoms with Gasteiger partial charge in [0.15, 0.2) is 0 Å². The number of para-hydroxylation sites is 1. The first kappa shape index (κ1) is 20.9. The molecule has 7 N–H and O–H groups in total.